The summed E-state index contributed by atoms with van der Waals surface area (Å²) >= 11 is 0. The molecule has 0 heterocycles. The minimum atomic E-state index is -0.473. The Morgan fingerprint density at radius 1 is 0.368 bits per heavy atom. The van der Waals surface area contributed by atoms with Crippen molar-refractivity contribution in [1.82, 2.24) is 0 Å². The van der Waals surface area contributed by atoms with E-state index in [2.05, 4.69) is 68.3 Å². The van der Waals surface area contributed by atoms with Crippen molar-refractivity contribution in [2.45, 2.75) is 57.8 Å². The van der Waals surface area contributed by atoms with E-state index in [9.17, 15) is 14.4 Å². The van der Waals surface area contributed by atoms with Crippen LogP contribution in [0.2, 0.25) is 0 Å². The van der Waals surface area contributed by atoms with Gasteiger partial charge in [-0.05, 0) is 133 Å². The molecule has 0 N–H and O–H groups in total. The highest BCUT2D eigenvalue weighted by Gasteiger charge is 2.17. The normalized spacial score (nSPS) is 10.7. The van der Waals surface area contributed by atoms with Gasteiger partial charge in [-0.15, -0.1) is 19.7 Å². The van der Waals surface area contributed by atoms with Crippen molar-refractivity contribution in [3.8, 4) is 44.5 Å². The Labute approximate surface area is 337 Å². The van der Waals surface area contributed by atoms with Crippen LogP contribution >= 0.6 is 0 Å². The molecule has 0 unspecified atom stereocenters. The van der Waals surface area contributed by atoms with E-state index in [0.717, 1.165) is 102 Å². The zero-order chi connectivity index (χ0) is 40.2. The number of ether oxygens (including phenoxy) is 3. The van der Waals surface area contributed by atoms with Gasteiger partial charge in [0.15, 0.2) is 0 Å². The second kappa shape index (κ2) is 22.3. The predicted molar refractivity (Wildman–Crippen MR) is 231 cm³/mol. The summed E-state index contributed by atoms with van der Waals surface area (Å²) in [6, 6.07) is 37.4. The first-order valence-electron chi connectivity index (χ1n) is 19.8. The molecule has 6 heteroatoms. The number of allylic oxidation sites excluding steroid dienone is 3. The minimum Gasteiger partial charge on any atom is -0.462 e. The van der Waals surface area contributed by atoms with Crippen molar-refractivity contribution < 1.29 is 28.6 Å². The largest absolute Gasteiger partial charge is 0.462 e. The zero-order valence-electron chi connectivity index (χ0n) is 32.8. The number of hydrogen-bond donors (Lipinski definition) is 0. The number of carbonyl (C=O) groups is 3. The quantitative estimate of drug-likeness (QED) is 0.0302. The second-order valence-electron chi connectivity index (χ2n) is 13.9. The molecule has 0 aliphatic heterocycles. The van der Waals surface area contributed by atoms with Gasteiger partial charge in [-0.25, -0.2) is 14.4 Å². The monoisotopic (exact) mass is 760 g/mol. The van der Waals surface area contributed by atoms with Crippen molar-refractivity contribution in [3.63, 3.8) is 0 Å². The molecule has 0 aromatic heterocycles. The molecule has 0 aliphatic rings. The Kier molecular flexibility index (Phi) is 16.4. The van der Waals surface area contributed by atoms with Crippen LogP contribution in [0, 0.1) is 0 Å². The molecule has 0 spiro atoms. The number of unbranched alkanes of at least 4 members (excludes halogenated alkanes) is 6. The molecule has 0 aliphatic carbocycles. The van der Waals surface area contributed by atoms with Crippen molar-refractivity contribution in [1.29, 1.82) is 0 Å². The maximum absolute atomic E-state index is 13.1. The lowest BCUT2D eigenvalue weighted by atomic mass is 9.95. The Balaban J connectivity index is 1.26. The van der Waals surface area contributed by atoms with E-state index < -0.39 is 11.9 Å². The fourth-order valence-corrected chi connectivity index (χ4v) is 6.34. The Morgan fingerprint density at radius 3 is 1.05 bits per heavy atom. The molecule has 5 aromatic rings. The van der Waals surface area contributed by atoms with Crippen LogP contribution in [0.1, 0.15) is 88.9 Å². The van der Waals surface area contributed by atoms with Crippen LogP contribution in [0.25, 0.3) is 44.5 Å². The third kappa shape index (κ3) is 12.6. The minimum absolute atomic E-state index is 0.296. The average Bonchev–Trinajstić information content (AvgIpc) is 3.26. The fourth-order valence-electron chi connectivity index (χ4n) is 6.34. The topological polar surface area (TPSA) is 78.9 Å². The van der Waals surface area contributed by atoms with Crippen LogP contribution in [0.4, 0.5) is 0 Å². The van der Waals surface area contributed by atoms with E-state index in [0.29, 0.717) is 36.5 Å². The molecule has 0 fully saturated rings. The average molecular weight is 761 g/mol. The molecule has 57 heavy (non-hydrogen) atoms. The molecule has 0 amide bonds. The summed E-state index contributed by atoms with van der Waals surface area (Å²) in [5.41, 5.74) is 8.96. The first-order valence-corrected chi connectivity index (χ1v) is 19.8. The molecule has 0 atom stereocenters. The molecule has 6 nitrogen and oxygen atoms in total. The van der Waals surface area contributed by atoms with Gasteiger partial charge in [-0.2, -0.15) is 0 Å². The van der Waals surface area contributed by atoms with E-state index in [1.54, 1.807) is 24.3 Å². The summed E-state index contributed by atoms with van der Waals surface area (Å²) in [6.07, 6.45) is 13.2. The smallest absolute Gasteiger partial charge is 0.338 e. The van der Waals surface area contributed by atoms with Gasteiger partial charge in [0.1, 0.15) is 0 Å². The lowest BCUT2D eigenvalue weighted by Gasteiger charge is -2.12. The number of hydrogen-bond acceptors (Lipinski definition) is 6. The maximum Gasteiger partial charge on any atom is 0.338 e. The van der Waals surface area contributed by atoms with Crippen LogP contribution in [-0.2, 0) is 14.2 Å². The van der Waals surface area contributed by atoms with E-state index >= 15 is 0 Å². The van der Waals surface area contributed by atoms with Crippen molar-refractivity contribution >= 4 is 17.9 Å². The van der Waals surface area contributed by atoms with Crippen molar-refractivity contribution in [3.05, 3.63) is 170 Å². The number of rotatable bonds is 22. The first kappa shape index (κ1) is 41.9. The van der Waals surface area contributed by atoms with Gasteiger partial charge in [0.25, 0.3) is 0 Å². The summed E-state index contributed by atoms with van der Waals surface area (Å²) in [5.74, 6) is -1.25. The number of benzene rings is 5. The predicted octanol–water partition coefficient (Wildman–Crippen LogP) is 12.9. The van der Waals surface area contributed by atoms with E-state index in [1.807, 2.05) is 60.7 Å². The van der Waals surface area contributed by atoms with Gasteiger partial charge < -0.3 is 14.2 Å². The van der Waals surface area contributed by atoms with Gasteiger partial charge >= 0.3 is 17.9 Å². The Bertz CT molecular complexity index is 2060. The fraction of sp³-hybridized carbons (Fsp3) is 0.235. The molecule has 0 saturated carbocycles. The highest BCUT2D eigenvalue weighted by Crippen LogP contribution is 2.30. The molecule has 5 aromatic carbocycles. The molecule has 292 valence electrons. The summed E-state index contributed by atoms with van der Waals surface area (Å²) in [7, 11) is 0. The van der Waals surface area contributed by atoms with Gasteiger partial charge in [0.2, 0.25) is 0 Å². The van der Waals surface area contributed by atoms with Crippen molar-refractivity contribution in [2.24, 2.45) is 0 Å². The van der Waals surface area contributed by atoms with Crippen LogP contribution < -0.4 is 0 Å². The molecule has 0 bridgehead atoms. The van der Waals surface area contributed by atoms with Gasteiger partial charge in [-0.3, -0.25) is 0 Å². The standard InChI is InChI=1S/C51H52O6/c1-4-7-10-13-31-55-49(52)45-18-16-17-44(34-45)42-27-23-40(24-28-42)38-19-21-39(22-20-38)41-25-29-43(30-26-41)46-35-47(50(53)56-32-14-11-8-5-2)37-48(36-46)51(54)57-33-15-12-9-6-3/h4-6,16-30,34-37H,1-3,7-15,31-33H2. The lowest BCUT2D eigenvalue weighted by molar-refractivity contribution is 0.0485. The molecule has 5 rings (SSSR count). The van der Waals surface area contributed by atoms with Gasteiger partial charge in [0.05, 0.1) is 36.5 Å². The summed E-state index contributed by atoms with van der Waals surface area (Å²) in [6.45, 7) is 12.2. The van der Waals surface area contributed by atoms with E-state index in [1.165, 1.54) is 0 Å². The number of esters is 3. The number of carbonyl (C=O) groups excluding carboxylic acids is 3. The molecule has 0 radical (unpaired) electrons. The zero-order valence-corrected chi connectivity index (χ0v) is 32.8. The molecular formula is C51H52O6. The van der Waals surface area contributed by atoms with Crippen LogP contribution in [0.3, 0.4) is 0 Å². The highest BCUT2D eigenvalue weighted by molar-refractivity contribution is 5.97. The third-order valence-corrected chi connectivity index (χ3v) is 9.60. The van der Waals surface area contributed by atoms with Crippen LogP contribution in [-0.4, -0.2) is 37.7 Å². The van der Waals surface area contributed by atoms with E-state index in [-0.39, 0.29) is 5.97 Å². The lowest BCUT2D eigenvalue weighted by Crippen LogP contribution is -2.11. The summed E-state index contributed by atoms with van der Waals surface area (Å²) in [5, 5.41) is 0. The second-order valence-corrected chi connectivity index (χ2v) is 13.9. The SMILES string of the molecule is C=CCCCCOC(=O)c1cccc(-c2ccc(-c3ccc(-c4ccc(-c5cc(C(=O)OCCCCC=C)cc(C(=O)OCCCCC=C)c5)cc4)cc3)cc2)c1. The molecule has 0 saturated heterocycles. The summed E-state index contributed by atoms with van der Waals surface area (Å²) in [4.78, 5) is 38.8. The molecular weight excluding hydrogens is 709 g/mol. The summed E-state index contributed by atoms with van der Waals surface area (Å²) < 4.78 is 16.6. The van der Waals surface area contributed by atoms with Crippen LogP contribution in [0.15, 0.2) is 153 Å². The maximum atomic E-state index is 13.1. The van der Waals surface area contributed by atoms with Gasteiger partial charge in [0, 0.05) is 0 Å². The van der Waals surface area contributed by atoms with Crippen LogP contribution in [0.5, 0.6) is 0 Å². The Hall–Kier alpha value is -6.27. The van der Waals surface area contributed by atoms with Crippen molar-refractivity contribution in [2.75, 3.05) is 19.8 Å². The first-order chi connectivity index (χ1) is 27.9. The van der Waals surface area contributed by atoms with Gasteiger partial charge in [-0.1, -0.05) is 103 Å². The van der Waals surface area contributed by atoms with E-state index in [4.69, 9.17) is 14.2 Å². The Morgan fingerprint density at radius 2 is 0.684 bits per heavy atom. The third-order valence-electron chi connectivity index (χ3n) is 9.60. The highest BCUT2D eigenvalue weighted by atomic mass is 16.5.